The van der Waals surface area contributed by atoms with Gasteiger partial charge in [0, 0.05) is 22.2 Å². The second-order valence-electron chi connectivity index (χ2n) is 18.7. The summed E-state index contributed by atoms with van der Waals surface area (Å²) < 4.78 is 0. The summed E-state index contributed by atoms with van der Waals surface area (Å²) in [5.74, 6) is 0. The van der Waals surface area contributed by atoms with E-state index >= 15 is 0 Å². The number of fused-ring (bicyclic) bond motifs is 12. The fourth-order valence-corrected chi connectivity index (χ4v) is 28.3. The SMILES string of the molecule is CC(C)[Si](CC[Si](C)(C1c2ccccc2-c2ccccc21)C1c2ccccc2-c2ccccc21)(C1c2ccccc2-c2ccccc21)C1c2ccccc2-c2ccccc21. The second kappa shape index (κ2) is 13.6. The van der Waals surface area contributed by atoms with Gasteiger partial charge in [0.15, 0.2) is 0 Å². The van der Waals surface area contributed by atoms with Crippen molar-refractivity contribution in [1.82, 2.24) is 0 Å². The highest BCUT2D eigenvalue weighted by Gasteiger charge is 2.59. The van der Waals surface area contributed by atoms with Crippen molar-refractivity contribution in [2.75, 3.05) is 0 Å². The lowest BCUT2D eigenvalue weighted by Gasteiger charge is -2.50. The Kier molecular flexibility index (Phi) is 8.18. The maximum atomic E-state index is 2.85. The van der Waals surface area contributed by atoms with Crippen molar-refractivity contribution in [2.45, 2.75) is 60.2 Å². The third-order valence-corrected chi connectivity index (χ3v) is 28.3. The van der Waals surface area contributed by atoms with E-state index in [4.69, 9.17) is 0 Å². The lowest BCUT2D eigenvalue weighted by molar-refractivity contribution is 0.846. The van der Waals surface area contributed by atoms with E-state index in [9.17, 15) is 0 Å². The van der Waals surface area contributed by atoms with Gasteiger partial charge in [0.25, 0.3) is 0 Å². The Morgan fingerprint density at radius 1 is 0.300 bits per heavy atom. The van der Waals surface area contributed by atoms with Crippen molar-refractivity contribution < 1.29 is 0 Å². The van der Waals surface area contributed by atoms with E-state index < -0.39 is 16.1 Å². The van der Waals surface area contributed by atoms with Gasteiger partial charge in [-0.3, -0.25) is 0 Å². The molecule has 0 fully saturated rings. The summed E-state index contributed by atoms with van der Waals surface area (Å²) in [6.07, 6.45) is 0. The zero-order chi connectivity index (χ0) is 40.2. The van der Waals surface area contributed by atoms with Gasteiger partial charge in [-0.05, 0) is 94.6 Å². The highest BCUT2D eigenvalue weighted by Crippen LogP contribution is 2.65. The van der Waals surface area contributed by atoms with Crippen LogP contribution in [0, 0.1) is 0 Å². The van der Waals surface area contributed by atoms with Crippen molar-refractivity contribution in [3.63, 3.8) is 0 Å². The number of hydrogen-bond donors (Lipinski definition) is 0. The van der Waals surface area contributed by atoms with Crippen LogP contribution in [0.2, 0.25) is 24.2 Å². The van der Waals surface area contributed by atoms with E-state index in [-0.39, 0.29) is 0 Å². The van der Waals surface area contributed by atoms with Crippen LogP contribution in [0.3, 0.4) is 0 Å². The largest absolute Gasteiger partial charge is 0.0812 e. The van der Waals surface area contributed by atoms with Crippen LogP contribution in [-0.2, 0) is 0 Å². The lowest BCUT2D eigenvalue weighted by Crippen LogP contribution is -2.54. The van der Waals surface area contributed by atoms with Crippen LogP contribution < -0.4 is 0 Å². The number of benzene rings is 8. The molecule has 0 bridgehead atoms. The topological polar surface area (TPSA) is 0 Å². The van der Waals surface area contributed by atoms with E-state index in [1.54, 1.807) is 44.5 Å². The molecular formula is C58H50Si2. The first-order valence-corrected chi connectivity index (χ1v) is 27.5. The molecule has 0 radical (unpaired) electrons. The van der Waals surface area contributed by atoms with Gasteiger partial charge in [-0.1, -0.05) is 227 Å². The summed E-state index contributed by atoms with van der Waals surface area (Å²) in [5, 5.41) is 0. The molecule has 2 heteroatoms. The standard InChI is InChI=1S/C58H50Si2/c1-38(2)60(57-51-32-16-8-24-43(51)44-25-9-17-33-52(44)57,58-53-34-18-10-26-45(53)46-27-11-19-35-54(46)58)37-36-59(3,55-47-28-12-4-20-39(47)40-21-5-13-29-48(40)55)56-49-30-14-6-22-41(49)42-23-7-15-31-50(42)56/h4-35,38,55-58H,36-37H2,1-3H3. The molecule has 0 heterocycles. The molecule has 60 heavy (non-hydrogen) atoms. The fraction of sp³-hybridized carbons (Fsp3) is 0.172. The van der Waals surface area contributed by atoms with E-state index in [0.717, 1.165) is 0 Å². The Morgan fingerprint density at radius 2 is 0.500 bits per heavy atom. The van der Waals surface area contributed by atoms with Gasteiger partial charge < -0.3 is 0 Å². The predicted molar refractivity (Wildman–Crippen MR) is 257 cm³/mol. The van der Waals surface area contributed by atoms with Gasteiger partial charge in [-0.2, -0.15) is 0 Å². The summed E-state index contributed by atoms with van der Waals surface area (Å²) in [4.78, 5) is 0. The number of hydrogen-bond acceptors (Lipinski definition) is 0. The summed E-state index contributed by atoms with van der Waals surface area (Å²) in [6.45, 7) is 8.13. The van der Waals surface area contributed by atoms with Gasteiger partial charge >= 0.3 is 0 Å². The van der Waals surface area contributed by atoms with Crippen molar-refractivity contribution in [3.05, 3.63) is 239 Å². The first-order valence-electron chi connectivity index (χ1n) is 22.2. The van der Waals surface area contributed by atoms with Gasteiger partial charge in [-0.15, -0.1) is 0 Å². The first-order chi connectivity index (χ1) is 29.5. The molecule has 4 aliphatic carbocycles. The Hall–Kier alpha value is -5.81. The summed E-state index contributed by atoms with van der Waals surface area (Å²) in [7, 11) is -5.03. The normalized spacial score (nSPS) is 15.3. The molecule has 8 aromatic carbocycles. The molecule has 0 N–H and O–H groups in total. The molecule has 0 atom stereocenters. The predicted octanol–water partition coefficient (Wildman–Crippen LogP) is 15.3. The highest BCUT2D eigenvalue weighted by atomic mass is 28.3. The Labute approximate surface area is 357 Å². The van der Waals surface area contributed by atoms with Crippen molar-refractivity contribution in [2.24, 2.45) is 0 Å². The quantitative estimate of drug-likeness (QED) is 0.134. The van der Waals surface area contributed by atoms with Gasteiger partial charge in [0.05, 0.1) is 16.1 Å². The molecule has 0 saturated carbocycles. The zero-order valence-electron chi connectivity index (χ0n) is 34.8. The summed E-state index contributed by atoms with van der Waals surface area (Å²) in [5.41, 5.74) is 26.1. The summed E-state index contributed by atoms with van der Waals surface area (Å²) >= 11 is 0. The molecule has 0 aliphatic heterocycles. The van der Waals surface area contributed by atoms with Crippen LogP contribution in [0.4, 0.5) is 0 Å². The first kappa shape index (κ1) is 36.1. The van der Waals surface area contributed by atoms with Gasteiger partial charge in [-0.25, -0.2) is 0 Å². The molecule has 4 aliphatic rings. The van der Waals surface area contributed by atoms with E-state index in [2.05, 4.69) is 215 Å². The van der Waals surface area contributed by atoms with Gasteiger partial charge in [0.1, 0.15) is 0 Å². The van der Waals surface area contributed by atoms with Crippen LogP contribution in [0.5, 0.6) is 0 Å². The van der Waals surface area contributed by atoms with Crippen LogP contribution in [0.1, 0.15) is 80.5 Å². The van der Waals surface area contributed by atoms with Crippen LogP contribution in [0.25, 0.3) is 44.5 Å². The molecule has 0 aromatic heterocycles. The second-order valence-corrected chi connectivity index (χ2v) is 28.4. The molecule has 0 amide bonds. The maximum Gasteiger partial charge on any atom is 0.0812 e. The van der Waals surface area contributed by atoms with Crippen molar-refractivity contribution >= 4 is 16.1 Å². The van der Waals surface area contributed by atoms with Crippen molar-refractivity contribution in [1.29, 1.82) is 0 Å². The van der Waals surface area contributed by atoms with E-state index in [0.29, 0.717) is 27.7 Å². The molecule has 12 rings (SSSR count). The third-order valence-electron chi connectivity index (χ3n) is 15.9. The lowest BCUT2D eigenvalue weighted by atomic mass is 10.1. The molecular weight excluding hydrogens is 753 g/mol. The van der Waals surface area contributed by atoms with Crippen LogP contribution >= 0.6 is 0 Å². The maximum absolute atomic E-state index is 2.85. The Balaban J connectivity index is 1.14. The minimum atomic E-state index is -2.56. The average Bonchev–Trinajstić information content (AvgIpc) is 4.03. The molecule has 0 saturated heterocycles. The monoisotopic (exact) mass is 802 g/mol. The Morgan fingerprint density at radius 3 is 0.717 bits per heavy atom. The van der Waals surface area contributed by atoms with E-state index in [1.807, 2.05) is 0 Å². The fourth-order valence-electron chi connectivity index (χ4n) is 13.6. The average molecular weight is 803 g/mol. The number of rotatable bonds is 8. The molecule has 8 aromatic rings. The van der Waals surface area contributed by atoms with Crippen LogP contribution in [-0.4, -0.2) is 16.1 Å². The Bertz CT molecular complexity index is 2620. The molecule has 0 unspecified atom stereocenters. The zero-order valence-corrected chi connectivity index (χ0v) is 36.8. The minimum Gasteiger partial charge on any atom is -0.0677 e. The third kappa shape index (κ3) is 4.89. The van der Waals surface area contributed by atoms with Gasteiger partial charge in [0.2, 0.25) is 0 Å². The van der Waals surface area contributed by atoms with Crippen molar-refractivity contribution in [3.8, 4) is 44.5 Å². The molecule has 0 spiro atoms. The van der Waals surface area contributed by atoms with E-state index in [1.165, 1.54) is 56.6 Å². The highest BCUT2D eigenvalue weighted by molar-refractivity contribution is 6.89. The minimum absolute atomic E-state index is 0.374. The van der Waals surface area contributed by atoms with Crippen LogP contribution in [0.15, 0.2) is 194 Å². The molecule has 0 nitrogen and oxygen atoms in total. The molecule has 290 valence electrons. The smallest absolute Gasteiger partial charge is 0.0677 e. The summed E-state index contributed by atoms with van der Waals surface area (Å²) in [6, 6.07) is 78.5.